The van der Waals surface area contributed by atoms with E-state index in [1.54, 1.807) is 18.2 Å². The van der Waals surface area contributed by atoms with E-state index in [9.17, 15) is 9.90 Å². The number of nitriles is 1. The van der Waals surface area contributed by atoms with Crippen LogP contribution in [0.4, 0.5) is 5.69 Å². The highest BCUT2D eigenvalue weighted by Gasteiger charge is 2.11. The summed E-state index contributed by atoms with van der Waals surface area (Å²) < 4.78 is 0. The Morgan fingerprint density at radius 3 is 2.67 bits per heavy atom. The molecule has 0 amide bonds. The number of anilines is 1. The van der Waals surface area contributed by atoms with Crippen LogP contribution in [0.1, 0.15) is 28.4 Å². The van der Waals surface area contributed by atoms with Crippen LogP contribution in [0, 0.1) is 11.3 Å². The van der Waals surface area contributed by atoms with Crippen molar-refractivity contribution < 1.29 is 9.90 Å². The van der Waals surface area contributed by atoms with Crippen LogP contribution in [-0.4, -0.2) is 17.9 Å². The molecule has 2 rings (SSSR count). The zero-order chi connectivity index (χ0) is 15.4. The number of hydrogen-bond donors (Lipinski definition) is 1. The Kier molecular flexibility index (Phi) is 4.24. The highest BCUT2D eigenvalue weighted by atomic mass is 16.3. The van der Waals surface area contributed by atoms with E-state index in [1.165, 1.54) is 13.0 Å². The van der Waals surface area contributed by atoms with E-state index in [2.05, 4.69) is 6.07 Å². The van der Waals surface area contributed by atoms with Gasteiger partial charge >= 0.3 is 0 Å². The van der Waals surface area contributed by atoms with Crippen LogP contribution in [0.3, 0.4) is 0 Å². The first kappa shape index (κ1) is 14.6. The largest absolute Gasteiger partial charge is 0.508 e. The van der Waals surface area contributed by atoms with Gasteiger partial charge in [-0.2, -0.15) is 5.26 Å². The van der Waals surface area contributed by atoms with Gasteiger partial charge in [-0.15, -0.1) is 0 Å². The van der Waals surface area contributed by atoms with Gasteiger partial charge < -0.3 is 10.0 Å². The molecule has 1 N–H and O–H groups in total. The maximum absolute atomic E-state index is 11.4. The van der Waals surface area contributed by atoms with Crippen LogP contribution in [0.25, 0.3) is 0 Å². The Balaban J connectivity index is 2.31. The Morgan fingerprint density at radius 1 is 1.29 bits per heavy atom. The highest BCUT2D eigenvalue weighted by molar-refractivity contribution is 5.94. The number of nitrogens with zero attached hydrogens (tertiary/aromatic N) is 2. The lowest BCUT2D eigenvalue weighted by molar-refractivity contribution is 0.101. The lowest BCUT2D eigenvalue weighted by atomic mass is 10.1. The fourth-order valence-electron chi connectivity index (χ4n) is 2.17. The molecule has 4 heteroatoms. The zero-order valence-corrected chi connectivity index (χ0v) is 12.0. The summed E-state index contributed by atoms with van der Waals surface area (Å²) in [6, 6.07) is 14.2. The predicted molar refractivity (Wildman–Crippen MR) is 81.4 cm³/mol. The molecule has 106 valence electrons. The summed E-state index contributed by atoms with van der Waals surface area (Å²) in [6.45, 7) is 1.90. The van der Waals surface area contributed by atoms with Gasteiger partial charge in [0.1, 0.15) is 11.8 Å². The topological polar surface area (TPSA) is 64.3 Å². The second-order valence-electron chi connectivity index (χ2n) is 4.88. The van der Waals surface area contributed by atoms with Crippen LogP contribution in [0.5, 0.6) is 5.75 Å². The number of carbonyl (C=O) groups excluding carboxylic acids is 1. The van der Waals surface area contributed by atoms with Crippen molar-refractivity contribution in [2.45, 2.75) is 13.5 Å². The second kappa shape index (κ2) is 6.10. The molecule has 0 unspecified atom stereocenters. The molecule has 21 heavy (non-hydrogen) atoms. The summed E-state index contributed by atoms with van der Waals surface area (Å²) in [5, 5.41) is 19.1. The monoisotopic (exact) mass is 280 g/mol. The average molecular weight is 280 g/mol. The molecule has 0 aliphatic rings. The lowest BCUT2D eigenvalue weighted by Crippen LogP contribution is -2.17. The Labute approximate surface area is 123 Å². The minimum Gasteiger partial charge on any atom is -0.508 e. The third kappa shape index (κ3) is 3.21. The Hall–Kier alpha value is -2.80. The van der Waals surface area contributed by atoms with Crippen molar-refractivity contribution >= 4 is 11.5 Å². The van der Waals surface area contributed by atoms with E-state index in [-0.39, 0.29) is 11.5 Å². The van der Waals surface area contributed by atoms with Crippen LogP contribution >= 0.6 is 0 Å². The minimum absolute atomic E-state index is 0.0451. The quantitative estimate of drug-likeness (QED) is 0.874. The van der Waals surface area contributed by atoms with Crippen LogP contribution in [0.15, 0.2) is 42.5 Å². The molecule has 4 nitrogen and oxygen atoms in total. The average Bonchev–Trinajstić information content (AvgIpc) is 2.49. The fourth-order valence-corrected chi connectivity index (χ4v) is 2.17. The highest BCUT2D eigenvalue weighted by Crippen LogP contribution is 2.25. The SMILES string of the molecule is CC(=O)c1ccc(O)c(CN(C)c2ccccc2C#N)c1. The molecule has 0 aliphatic carbocycles. The molecule has 0 aromatic heterocycles. The van der Waals surface area contributed by atoms with Gasteiger partial charge in [0.2, 0.25) is 0 Å². The van der Waals surface area contributed by atoms with Crippen LogP contribution < -0.4 is 4.90 Å². The molecule has 0 bridgehead atoms. The number of Topliss-reactive ketones (excluding diaryl/α,β-unsaturated/α-hetero) is 1. The summed E-state index contributed by atoms with van der Waals surface area (Å²) in [7, 11) is 1.84. The number of phenols is 1. The fraction of sp³-hybridized carbons (Fsp3) is 0.176. The second-order valence-corrected chi connectivity index (χ2v) is 4.88. The first-order valence-corrected chi connectivity index (χ1v) is 6.56. The zero-order valence-electron chi connectivity index (χ0n) is 12.0. The Morgan fingerprint density at radius 2 is 2.00 bits per heavy atom. The van der Waals surface area contributed by atoms with Crippen LogP contribution in [0.2, 0.25) is 0 Å². The first-order chi connectivity index (χ1) is 10.0. The maximum atomic E-state index is 11.4. The van der Waals surface area contributed by atoms with E-state index in [1.807, 2.05) is 30.1 Å². The van der Waals surface area contributed by atoms with Crippen LogP contribution in [-0.2, 0) is 6.54 Å². The number of para-hydroxylation sites is 1. The number of ketones is 1. The summed E-state index contributed by atoms with van der Waals surface area (Å²) in [5.74, 6) is 0.0950. The van der Waals surface area contributed by atoms with Gasteiger partial charge in [0.15, 0.2) is 5.78 Å². The van der Waals surface area contributed by atoms with Gasteiger partial charge in [0.05, 0.1) is 11.3 Å². The smallest absolute Gasteiger partial charge is 0.159 e. The molecule has 0 heterocycles. The molecular formula is C17H16N2O2. The van der Waals surface area contributed by atoms with Gasteiger partial charge in [-0.05, 0) is 37.3 Å². The van der Waals surface area contributed by atoms with E-state index < -0.39 is 0 Å². The van der Waals surface area contributed by atoms with E-state index >= 15 is 0 Å². The number of benzene rings is 2. The standard InChI is InChI=1S/C17H16N2O2/c1-12(20)13-7-8-17(21)15(9-13)11-19(2)16-6-4-3-5-14(16)10-18/h3-9,21H,11H2,1-2H3. The molecule has 2 aromatic rings. The Bertz CT molecular complexity index is 717. The van der Waals surface area contributed by atoms with Crippen molar-refractivity contribution in [3.8, 4) is 11.8 Å². The number of rotatable bonds is 4. The van der Waals surface area contributed by atoms with E-state index in [4.69, 9.17) is 5.26 Å². The van der Waals surface area contributed by atoms with Gasteiger partial charge in [-0.3, -0.25) is 4.79 Å². The van der Waals surface area contributed by atoms with Gasteiger partial charge in [0.25, 0.3) is 0 Å². The minimum atomic E-state index is -0.0451. The number of aromatic hydroxyl groups is 1. The predicted octanol–water partition coefficient (Wildman–Crippen LogP) is 3.10. The molecule has 0 spiro atoms. The number of phenolic OH excluding ortho intramolecular Hbond substituents is 1. The molecule has 2 aromatic carbocycles. The van der Waals surface area contributed by atoms with Gasteiger partial charge in [-0.1, -0.05) is 12.1 Å². The number of hydrogen-bond acceptors (Lipinski definition) is 4. The maximum Gasteiger partial charge on any atom is 0.159 e. The molecule has 0 saturated heterocycles. The van der Waals surface area contributed by atoms with Crippen molar-refractivity contribution in [1.82, 2.24) is 0 Å². The lowest BCUT2D eigenvalue weighted by Gasteiger charge is -2.21. The molecule has 0 fully saturated rings. The third-order valence-corrected chi connectivity index (χ3v) is 3.33. The normalized spacial score (nSPS) is 9.95. The third-order valence-electron chi connectivity index (χ3n) is 3.33. The van der Waals surface area contributed by atoms with Crippen molar-refractivity contribution in [1.29, 1.82) is 5.26 Å². The summed E-state index contributed by atoms with van der Waals surface area (Å²) in [5.41, 5.74) is 2.57. The molecule has 0 saturated carbocycles. The summed E-state index contributed by atoms with van der Waals surface area (Å²) >= 11 is 0. The number of carbonyl (C=O) groups is 1. The van der Waals surface area contributed by atoms with Gasteiger partial charge in [0, 0.05) is 24.7 Å². The molecular weight excluding hydrogens is 264 g/mol. The van der Waals surface area contributed by atoms with Crippen molar-refractivity contribution in [3.63, 3.8) is 0 Å². The van der Waals surface area contributed by atoms with E-state index in [0.29, 0.717) is 23.2 Å². The summed E-state index contributed by atoms with van der Waals surface area (Å²) in [4.78, 5) is 13.3. The molecule has 0 radical (unpaired) electrons. The van der Waals surface area contributed by atoms with E-state index in [0.717, 1.165) is 5.69 Å². The molecule has 0 atom stereocenters. The van der Waals surface area contributed by atoms with Gasteiger partial charge in [-0.25, -0.2) is 0 Å². The van der Waals surface area contributed by atoms with Crippen molar-refractivity contribution in [2.24, 2.45) is 0 Å². The van der Waals surface area contributed by atoms with Crippen molar-refractivity contribution in [3.05, 3.63) is 59.2 Å². The molecule has 0 aliphatic heterocycles. The first-order valence-electron chi connectivity index (χ1n) is 6.56. The van der Waals surface area contributed by atoms with Crippen molar-refractivity contribution in [2.75, 3.05) is 11.9 Å². The summed E-state index contributed by atoms with van der Waals surface area (Å²) in [6.07, 6.45) is 0.